The second-order valence-electron chi connectivity index (χ2n) is 6.63. The summed E-state index contributed by atoms with van der Waals surface area (Å²) < 4.78 is 13.6. The largest absolute Gasteiger partial charge is 0.497 e. The number of rotatable bonds is 4. The van der Waals surface area contributed by atoms with E-state index in [1.54, 1.807) is 14.2 Å². The first-order valence-corrected chi connectivity index (χ1v) is 9.55. The number of benzene rings is 2. The molecule has 4 rings (SSSR count). The molecule has 0 fully saturated rings. The number of hydrogen-bond donors (Lipinski definition) is 0. The maximum absolute atomic E-state index is 5.65. The summed E-state index contributed by atoms with van der Waals surface area (Å²) in [5.41, 5.74) is 4.58. The number of methoxy groups -OCH3 is 2. The van der Waals surface area contributed by atoms with Crippen molar-refractivity contribution in [2.45, 2.75) is 25.7 Å². The Labute approximate surface area is 164 Å². The first kappa shape index (κ1) is 17.7. The Morgan fingerprint density at radius 3 is 2.07 bits per heavy atom. The van der Waals surface area contributed by atoms with E-state index >= 15 is 0 Å². The Hall–Kier alpha value is -2.66. The lowest BCUT2D eigenvalue weighted by Crippen LogP contribution is -2.17. The van der Waals surface area contributed by atoms with Crippen LogP contribution in [-0.2, 0) is 12.8 Å². The van der Waals surface area contributed by atoms with Crippen LogP contribution in [0.3, 0.4) is 0 Å². The lowest BCUT2D eigenvalue weighted by molar-refractivity contribution is 0.414. The highest BCUT2D eigenvalue weighted by Crippen LogP contribution is 2.31. The highest BCUT2D eigenvalue weighted by Gasteiger charge is 2.20. The molecule has 0 atom stereocenters. The molecule has 0 saturated carbocycles. The lowest BCUT2D eigenvalue weighted by atomic mass is 9.96. The molecule has 4 nitrogen and oxygen atoms in total. The van der Waals surface area contributed by atoms with Crippen LogP contribution in [0.1, 0.15) is 24.1 Å². The summed E-state index contributed by atoms with van der Waals surface area (Å²) in [5.74, 6) is 2.53. The summed E-state index contributed by atoms with van der Waals surface area (Å²) in [6, 6.07) is 16.1. The summed E-state index contributed by atoms with van der Waals surface area (Å²) in [7, 11) is 3.35. The van der Waals surface area contributed by atoms with Crippen LogP contribution in [-0.4, -0.2) is 23.8 Å². The lowest BCUT2D eigenvalue weighted by Gasteiger charge is -2.24. The van der Waals surface area contributed by atoms with Gasteiger partial charge in [-0.05, 0) is 74.2 Å². The van der Waals surface area contributed by atoms with Crippen molar-refractivity contribution in [3.8, 4) is 28.6 Å². The van der Waals surface area contributed by atoms with Gasteiger partial charge in [0.2, 0.25) is 0 Å². The van der Waals surface area contributed by atoms with Crippen molar-refractivity contribution in [3.63, 3.8) is 0 Å². The van der Waals surface area contributed by atoms with Gasteiger partial charge in [-0.2, -0.15) is 0 Å². The van der Waals surface area contributed by atoms with Crippen molar-refractivity contribution in [1.29, 1.82) is 0 Å². The first-order chi connectivity index (χ1) is 13.2. The molecule has 0 unspecified atom stereocenters. The smallest absolute Gasteiger partial charge is 0.146 e. The van der Waals surface area contributed by atoms with E-state index in [-0.39, 0.29) is 0 Å². The summed E-state index contributed by atoms with van der Waals surface area (Å²) >= 11 is 5.65. The number of nitrogens with zero attached hydrogens (tertiary/aromatic N) is 2. The normalized spacial score (nSPS) is 13.1. The Morgan fingerprint density at radius 2 is 1.44 bits per heavy atom. The molecule has 0 N–H and O–H groups in total. The van der Waals surface area contributed by atoms with Crippen LogP contribution in [0.25, 0.3) is 17.1 Å². The quantitative estimate of drug-likeness (QED) is 0.587. The Balaban J connectivity index is 1.96. The van der Waals surface area contributed by atoms with Gasteiger partial charge in [-0.15, -0.1) is 0 Å². The van der Waals surface area contributed by atoms with Crippen molar-refractivity contribution >= 4 is 12.2 Å². The highest BCUT2D eigenvalue weighted by atomic mass is 32.1. The predicted molar refractivity (Wildman–Crippen MR) is 110 cm³/mol. The molecule has 1 aliphatic rings. The van der Waals surface area contributed by atoms with E-state index in [0.717, 1.165) is 46.1 Å². The molecule has 0 radical (unpaired) electrons. The van der Waals surface area contributed by atoms with Crippen LogP contribution in [0.2, 0.25) is 0 Å². The van der Waals surface area contributed by atoms with Gasteiger partial charge < -0.3 is 9.47 Å². The van der Waals surface area contributed by atoms with Crippen molar-refractivity contribution in [2.75, 3.05) is 14.2 Å². The fraction of sp³-hybridized carbons (Fsp3) is 0.273. The van der Waals surface area contributed by atoms with Gasteiger partial charge in [0.05, 0.1) is 14.2 Å². The van der Waals surface area contributed by atoms with Crippen molar-refractivity contribution in [1.82, 2.24) is 9.55 Å². The van der Waals surface area contributed by atoms with E-state index in [1.807, 2.05) is 36.4 Å². The van der Waals surface area contributed by atoms with Gasteiger partial charge in [-0.25, -0.2) is 4.98 Å². The molecular weight excluding hydrogens is 356 g/mol. The molecule has 1 aromatic heterocycles. The minimum atomic E-state index is 0.722. The maximum atomic E-state index is 5.65. The van der Waals surface area contributed by atoms with E-state index in [0.29, 0.717) is 0 Å². The second kappa shape index (κ2) is 7.53. The molecule has 0 bridgehead atoms. The molecule has 0 spiro atoms. The zero-order chi connectivity index (χ0) is 18.8. The molecule has 3 aromatic rings. The summed E-state index contributed by atoms with van der Waals surface area (Å²) in [6.45, 7) is 0. The van der Waals surface area contributed by atoms with Crippen LogP contribution in [0.4, 0.5) is 0 Å². The van der Waals surface area contributed by atoms with Gasteiger partial charge in [-0.3, -0.25) is 4.57 Å². The monoisotopic (exact) mass is 378 g/mol. The molecule has 27 heavy (non-hydrogen) atoms. The Bertz CT molecular complexity index is 1010. The first-order valence-electron chi connectivity index (χ1n) is 9.15. The molecule has 1 heterocycles. The minimum absolute atomic E-state index is 0.722. The SMILES string of the molecule is COc1ccc(-c2nc(=S)c3c(n2-c2ccc(OC)cc2)CCCC3)cc1. The topological polar surface area (TPSA) is 36.3 Å². The van der Waals surface area contributed by atoms with E-state index in [9.17, 15) is 0 Å². The van der Waals surface area contributed by atoms with E-state index in [2.05, 4.69) is 16.7 Å². The fourth-order valence-corrected chi connectivity index (χ4v) is 3.96. The molecule has 2 aromatic carbocycles. The number of ether oxygens (including phenoxy) is 2. The zero-order valence-corrected chi connectivity index (χ0v) is 16.4. The number of hydrogen-bond acceptors (Lipinski definition) is 4. The van der Waals surface area contributed by atoms with Crippen molar-refractivity contribution < 1.29 is 9.47 Å². The minimum Gasteiger partial charge on any atom is -0.497 e. The van der Waals surface area contributed by atoms with Crippen LogP contribution in [0, 0.1) is 4.64 Å². The van der Waals surface area contributed by atoms with E-state index < -0.39 is 0 Å². The summed E-state index contributed by atoms with van der Waals surface area (Å²) in [5, 5.41) is 0. The zero-order valence-electron chi connectivity index (χ0n) is 15.6. The predicted octanol–water partition coefficient (Wildman–Crippen LogP) is 5.16. The standard InChI is InChI=1S/C22H22N2O2S/c1-25-17-11-7-15(8-12-17)21-23-22(27)19-5-3-4-6-20(19)24(21)16-9-13-18(26-2)14-10-16/h7-14H,3-6H2,1-2H3. The van der Waals surface area contributed by atoms with Crippen LogP contribution in [0.5, 0.6) is 11.5 Å². The third kappa shape index (κ3) is 3.35. The van der Waals surface area contributed by atoms with Gasteiger partial charge >= 0.3 is 0 Å². The maximum Gasteiger partial charge on any atom is 0.146 e. The van der Waals surface area contributed by atoms with Crippen LogP contribution < -0.4 is 9.47 Å². The highest BCUT2D eigenvalue weighted by molar-refractivity contribution is 7.71. The van der Waals surface area contributed by atoms with Gasteiger partial charge in [0.15, 0.2) is 0 Å². The Morgan fingerprint density at radius 1 is 0.852 bits per heavy atom. The molecule has 0 amide bonds. The molecular formula is C22H22N2O2S. The molecule has 0 saturated heterocycles. The van der Waals surface area contributed by atoms with E-state index in [4.69, 9.17) is 26.7 Å². The summed E-state index contributed by atoms with van der Waals surface area (Å²) in [4.78, 5) is 4.84. The van der Waals surface area contributed by atoms with Crippen LogP contribution in [0.15, 0.2) is 48.5 Å². The van der Waals surface area contributed by atoms with E-state index in [1.165, 1.54) is 24.1 Å². The van der Waals surface area contributed by atoms with Crippen molar-refractivity contribution in [3.05, 3.63) is 64.4 Å². The fourth-order valence-electron chi connectivity index (χ4n) is 3.65. The molecule has 0 aliphatic heterocycles. The average Bonchev–Trinajstić information content (AvgIpc) is 2.74. The Kier molecular flexibility index (Phi) is 4.94. The van der Waals surface area contributed by atoms with Crippen molar-refractivity contribution in [2.24, 2.45) is 0 Å². The molecule has 138 valence electrons. The number of aromatic nitrogens is 2. The van der Waals surface area contributed by atoms with Gasteiger partial charge in [0.1, 0.15) is 22.0 Å². The average molecular weight is 378 g/mol. The van der Waals surface area contributed by atoms with Gasteiger partial charge in [-0.1, -0.05) is 12.2 Å². The molecule has 1 aliphatic carbocycles. The second-order valence-corrected chi connectivity index (χ2v) is 7.02. The third-order valence-electron chi connectivity index (χ3n) is 5.06. The summed E-state index contributed by atoms with van der Waals surface area (Å²) in [6.07, 6.45) is 4.35. The van der Waals surface area contributed by atoms with Gasteiger partial charge in [0.25, 0.3) is 0 Å². The third-order valence-corrected chi connectivity index (χ3v) is 5.40. The van der Waals surface area contributed by atoms with Crippen LogP contribution >= 0.6 is 12.2 Å². The number of fused-ring (bicyclic) bond motifs is 1. The molecule has 5 heteroatoms. The van der Waals surface area contributed by atoms with Gasteiger partial charge in [0, 0.05) is 22.5 Å².